The lowest BCUT2D eigenvalue weighted by Gasteiger charge is -2.17. The van der Waals surface area contributed by atoms with Crippen molar-refractivity contribution in [1.29, 1.82) is 0 Å². The summed E-state index contributed by atoms with van der Waals surface area (Å²) in [6.07, 6.45) is 2.41. The van der Waals surface area contributed by atoms with Gasteiger partial charge < -0.3 is 14.8 Å². The molecular formula is C24H29N3O4. The third-order valence-corrected chi connectivity index (χ3v) is 4.98. The standard InChI is InChI=1S/C24H29N3O4/c1-4-30-21-13-12-18(15-22(21)31-5-2)17(3)26-23(28)11-8-14-27-16-25-20-10-7-6-9-19(20)24(27)29/h6-7,9-10,12-13,15-17H,4-5,8,11,14H2,1-3H3,(H,26,28)/t17-/m0/s1. The Balaban J connectivity index is 1.57. The molecule has 0 unspecified atom stereocenters. The fourth-order valence-corrected chi connectivity index (χ4v) is 3.41. The average molecular weight is 424 g/mol. The molecule has 0 bridgehead atoms. The third kappa shape index (κ3) is 5.63. The van der Waals surface area contributed by atoms with E-state index in [9.17, 15) is 9.59 Å². The number of nitrogens with one attached hydrogen (secondary N) is 1. The molecule has 0 saturated carbocycles. The molecular weight excluding hydrogens is 394 g/mol. The number of ether oxygens (including phenoxy) is 2. The fraction of sp³-hybridized carbons (Fsp3) is 0.375. The summed E-state index contributed by atoms with van der Waals surface area (Å²) in [6, 6.07) is 12.8. The maximum Gasteiger partial charge on any atom is 0.261 e. The average Bonchev–Trinajstić information content (AvgIpc) is 2.77. The van der Waals surface area contributed by atoms with E-state index >= 15 is 0 Å². The zero-order chi connectivity index (χ0) is 22.2. The molecule has 1 amide bonds. The molecule has 0 fully saturated rings. The molecule has 0 spiro atoms. The quantitative estimate of drug-likeness (QED) is 0.536. The minimum absolute atomic E-state index is 0.0684. The van der Waals surface area contributed by atoms with Crippen LogP contribution in [0.1, 0.15) is 45.2 Å². The van der Waals surface area contributed by atoms with Crippen molar-refractivity contribution in [1.82, 2.24) is 14.9 Å². The van der Waals surface area contributed by atoms with Crippen LogP contribution in [0.15, 0.2) is 53.6 Å². The second-order valence-electron chi connectivity index (χ2n) is 7.23. The molecule has 0 aliphatic rings. The number of hydrogen-bond donors (Lipinski definition) is 1. The van der Waals surface area contributed by atoms with Gasteiger partial charge in [0, 0.05) is 13.0 Å². The van der Waals surface area contributed by atoms with Crippen molar-refractivity contribution < 1.29 is 14.3 Å². The SMILES string of the molecule is CCOc1ccc([C@H](C)NC(=O)CCCn2cnc3ccccc3c2=O)cc1OCC. The molecule has 1 heterocycles. The highest BCUT2D eigenvalue weighted by Gasteiger charge is 2.13. The van der Waals surface area contributed by atoms with Gasteiger partial charge in [0.2, 0.25) is 5.91 Å². The lowest BCUT2D eigenvalue weighted by molar-refractivity contribution is -0.121. The van der Waals surface area contributed by atoms with E-state index in [1.54, 1.807) is 17.0 Å². The molecule has 31 heavy (non-hydrogen) atoms. The van der Waals surface area contributed by atoms with E-state index in [-0.39, 0.29) is 17.5 Å². The van der Waals surface area contributed by atoms with Gasteiger partial charge in [-0.25, -0.2) is 4.98 Å². The molecule has 0 aliphatic heterocycles. The van der Waals surface area contributed by atoms with E-state index in [1.807, 2.05) is 57.2 Å². The Morgan fingerprint density at radius 2 is 1.84 bits per heavy atom. The van der Waals surface area contributed by atoms with Crippen molar-refractivity contribution in [3.63, 3.8) is 0 Å². The number of hydrogen-bond acceptors (Lipinski definition) is 5. The predicted octanol–water partition coefficient (Wildman–Crippen LogP) is 3.85. The second kappa shape index (κ2) is 10.6. The maximum atomic E-state index is 12.5. The van der Waals surface area contributed by atoms with E-state index < -0.39 is 0 Å². The first-order valence-electron chi connectivity index (χ1n) is 10.7. The number of fused-ring (bicyclic) bond motifs is 1. The minimum Gasteiger partial charge on any atom is -0.490 e. The predicted molar refractivity (Wildman–Crippen MR) is 121 cm³/mol. The summed E-state index contributed by atoms with van der Waals surface area (Å²) in [5, 5.41) is 3.60. The van der Waals surface area contributed by atoms with Gasteiger partial charge in [-0.05, 0) is 57.0 Å². The summed E-state index contributed by atoms with van der Waals surface area (Å²) in [6.45, 7) is 7.31. The van der Waals surface area contributed by atoms with Crippen LogP contribution in [0.4, 0.5) is 0 Å². The van der Waals surface area contributed by atoms with Crippen molar-refractivity contribution in [3.8, 4) is 11.5 Å². The van der Waals surface area contributed by atoms with Gasteiger partial charge >= 0.3 is 0 Å². The van der Waals surface area contributed by atoms with Gasteiger partial charge in [0.25, 0.3) is 5.56 Å². The number of para-hydroxylation sites is 1. The number of aromatic nitrogens is 2. The Morgan fingerprint density at radius 3 is 2.61 bits per heavy atom. The van der Waals surface area contributed by atoms with E-state index in [4.69, 9.17) is 9.47 Å². The van der Waals surface area contributed by atoms with Crippen LogP contribution >= 0.6 is 0 Å². The monoisotopic (exact) mass is 423 g/mol. The van der Waals surface area contributed by atoms with Crippen molar-refractivity contribution in [2.45, 2.75) is 46.2 Å². The topological polar surface area (TPSA) is 82.5 Å². The van der Waals surface area contributed by atoms with Crippen molar-refractivity contribution >= 4 is 16.8 Å². The summed E-state index contributed by atoms with van der Waals surface area (Å²) in [5.74, 6) is 1.30. The highest BCUT2D eigenvalue weighted by molar-refractivity contribution is 5.77. The van der Waals surface area contributed by atoms with Gasteiger partial charge in [-0.15, -0.1) is 0 Å². The van der Waals surface area contributed by atoms with Crippen LogP contribution in [0.25, 0.3) is 10.9 Å². The molecule has 3 rings (SSSR count). The first-order valence-corrected chi connectivity index (χ1v) is 10.7. The summed E-state index contributed by atoms with van der Waals surface area (Å²) >= 11 is 0. The molecule has 0 aliphatic carbocycles. The highest BCUT2D eigenvalue weighted by atomic mass is 16.5. The summed E-state index contributed by atoms with van der Waals surface area (Å²) in [4.78, 5) is 29.3. The largest absolute Gasteiger partial charge is 0.490 e. The third-order valence-electron chi connectivity index (χ3n) is 4.98. The van der Waals surface area contributed by atoms with Crippen LogP contribution in [-0.4, -0.2) is 28.7 Å². The molecule has 7 nitrogen and oxygen atoms in total. The Bertz CT molecular complexity index is 1090. The van der Waals surface area contributed by atoms with E-state index in [0.29, 0.717) is 55.0 Å². The van der Waals surface area contributed by atoms with E-state index in [0.717, 1.165) is 5.56 Å². The number of carbonyl (C=O) groups is 1. The van der Waals surface area contributed by atoms with Crippen LogP contribution < -0.4 is 20.3 Å². The van der Waals surface area contributed by atoms with Crippen LogP contribution in [0.2, 0.25) is 0 Å². The number of amides is 1. The van der Waals surface area contributed by atoms with Gasteiger partial charge in [0.15, 0.2) is 11.5 Å². The molecule has 164 valence electrons. The first kappa shape index (κ1) is 22.3. The number of carbonyl (C=O) groups excluding carboxylic acids is 1. The number of nitrogens with zero attached hydrogens (tertiary/aromatic N) is 2. The molecule has 1 N–H and O–H groups in total. The molecule has 2 aromatic carbocycles. The van der Waals surface area contributed by atoms with Gasteiger partial charge in [0.05, 0.1) is 36.5 Å². The molecule has 3 aromatic rings. The second-order valence-corrected chi connectivity index (χ2v) is 7.23. The Morgan fingerprint density at radius 1 is 1.10 bits per heavy atom. The highest BCUT2D eigenvalue weighted by Crippen LogP contribution is 2.30. The summed E-state index contributed by atoms with van der Waals surface area (Å²) in [7, 11) is 0. The maximum absolute atomic E-state index is 12.5. The molecule has 1 atom stereocenters. The number of benzene rings is 2. The Kier molecular flexibility index (Phi) is 7.65. The number of rotatable bonds is 10. The summed E-state index contributed by atoms with van der Waals surface area (Å²) < 4.78 is 12.8. The van der Waals surface area contributed by atoms with Gasteiger partial charge in [-0.3, -0.25) is 14.2 Å². The zero-order valence-corrected chi connectivity index (χ0v) is 18.3. The Hall–Kier alpha value is -3.35. The molecule has 1 aromatic heterocycles. The minimum atomic E-state index is -0.174. The first-order chi connectivity index (χ1) is 15.0. The summed E-state index contributed by atoms with van der Waals surface area (Å²) in [5.41, 5.74) is 1.53. The van der Waals surface area contributed by atoms with Gasteiger partial charge in [-0.2, -0.15) is 0 Å². The van der Waals surface area contributed by atoms with Crippen molar-refractivity contribution in [3.05, 3.63) is 64.7 Å². The van der Waals surface area contributed by atoms with Crippen LogP contribution in [0.3, 0.4) is 0 Å². The number of aryl methyl sites for hydroxylation is 1. The Labute approximate surface area is 182 Å². The fourth-order valence-electron chi connectivity index (χ4n) is 3.41. The van der Waals surface area contributed by atoms with Crippen LogP contribution in [0.5, 0.6) is 11.5 Å². The molecule has 7 heteroatoms. The van der Waals surface area contributed by atoms with Crippen LogP contribution in [0, 0.1) is 0 Å². The van der Waals surface area contributed by atoms with Crippen LogP contribution in [-0.2, 0) is 11.3 Å². The smallest absolute Gasteiger partial charge is 0.261 e. The molecule has 0 radical (unpaired) electrons. The van der Waals surface area contributed by atoms with E-state index in [2.05, 4.69) is 10.3 Å². The van der Waals surface area contributed by atoms with Crippen molar-refractivity contribution in [2.75, 3.05) is 13.2 Å². The lowest BCUT2D eigenvalue weighted by atomic mass is 10.1. The van der Waals surface area contributed by atoms with Crippen molar-refractivity contribution in [2.24, 2.45) is 0 Å². The lowest BCUT2D eigenvalue weighted by Crippen LogP contribution is -2.27. The van der Waals surface area contributed by atoms with E-state index in [1.165, 1.54) is 0 Å². The normalized spacial score (nSPS) is 11.8. The van der Waals surface area contributed by atoms with Gasteiger partial charge in [-0.1, -0.05) is 18.2 Å². The molecule has 0 saturated heterocycles. The zero-order valence-electron chi connectivity index (χ0n) is 18.3. The van der Waals surface area contributed by atoms with Gasteiger partial charge in [0.1, 0.15) is 0 Å².